The third-order valence-corrected chi connectivity index (χ3v) is 6.01. The van der Waals surface area contributed by atoms with Gasteiger partial charge in [0, 0.05) is 0 Å². The van der Waals surface area contributed by atoms with Crippen LogP contribution in [0.25, 0.3) is 0 Å². The molecule has 2 aliphatic rings. The maximum absolute atomic E-state index is 6.26. The summed E-state index contributed by atoms with van der Waals surface area (Å²) >= 11 is 6.73. The van der Waals surface area contributed by atoms with Gasteiger partial charge in [-0.2, -0.15) is 0 Å². The molecule has 5 nitrogen and oxygen atoms in total. The molecule has 2 aromatic carbocycles. The summed E-state index contributed by atoms with van der Waals surface area (Å²) in [7, 11) is 0. The van der Waals surface area contributed by atoms with Crippen LogP contribution in [0.2, 0.25) is 0 Å². The number of benzene rings is 2. The van der Waals surface area contributed by atoms with Crippen LogP contribution < -0.4 is 0 Å². The van der Waals surface area contributed by atoms with Crippen molar-refractivity contribution in [3.8, 4) is 0 Å². The molecule has 0 saturated carbocycles. The maximum atomic E-state index is 6.26. The van der Waals surface area contributed by atoms with Gasteiger partial charge in [0.15, 0.2) is 12.4 Å². The van der Waals surface area contributed by atoms with Crippen molar-refractivity contribution in [1.82, 2.24) is 0 Å². The Hall–Kier alpha value is -1.48. The molecule has 29 heavy (non-hydrogen) atoms. The van der Waals surface area contributed by atoms with Crippen LogP contribution in [0.3, 0.4) is 0 Å². The fraction of sp³-hybridized carbons (Fsp3) is 0.409. The summed E-state index contributed by atoms with van der Waals surface area (Å²) in [6.45, 7) is 1.32. The Balaban J connectivity index is 1.50. The van der Waals surface area contributed by atoms with Gasteiger partial charge >= 0.3 is 0 Å². The summed E-state index contributed by atoms with van der Waals surface area (Å²) in [5.41, 5.74) is 2.15. The molecule has 5 atom stereocenters. The average Bonchev–Trinajstić information content (AvgIpc) is 3.20. The van der Waals surface area contributed by atoms with Crippen molar-refractivity contribution in [3.05, 3.63) is 71.8 Å². The lowest BCUT2D eigenvalue weighted by Gasteiger charge is -2.40. The number of thioether (sulfide) groups is 1. The molecule has 0 amide bonds. The summed E-state index contributed by atoms with van der Waals surface area (Å²) in [6, 6.07) is 20.0. The number of rotatable bonds is 7. The first-order chi connectivity index (χ1) is 14.2. The minimum Gasteiger partial charge on any atom is -0.469 e. The van der Waals surface area contributed by atoms with Crippen LogP contribution in [0.1, 0.15) is 11.1 Å². The SMILES string of the molecule is CSC(=S)O[C@@H]1[C@@H](OCc2ccccc2)[C@@H]2OC[C@@H](O2)[C@H]1OCc1ccccc1. The van der Waals surface area contributed by atoms with Crippen LogP contribution in [-0.4, -0.2) is 48.0 Å². The Labute approximate surface area is 180 Å². The summed E-state index contributed by atoms with van der Waals surface area (Å²) in [5, 5.41) is 0. The van der Waals surface area contributed by atoms with E-state index in [1.54, 1.807) is 0 Å². The molecule has 7 heteroatoms. The van der Waals surface area contributed by atoms with Crippen LogP contribution in [0, 0.1) is 0 Å². The van der Waals surface area contributed by atoms with Crippen molar-refractivity contribution < 1.29 is 23.7 Å². The predicted molar refractivity (Wildman–Crippen MR) is 116 cm³/mol. The zero-order valence-corrected chi connectivity index (χ0v) is 17.8. The van der Waals surface area contributed by atoms with Crippen molar-refractivity contribution in [2.45, 2.75) is 43.9 Å². The molecular weight excluding hydrogens is 408 g/mol. The molecule has 4 rings (SSSR count). The third kappa shape index (κ3) is 5.17. The standard InChI is InChI=1S/C22H24O5S2/c1-29-22(28)27-19-18(23-12-15-8-4-2-5-9-15)17-14-25-21(26-17)20(19)24-13-16-10-6-3-7-11-16/h2-11,17-21H,12-14H2,1H3/t17-,18-,19+,20-,21-/m1/s1. The number of ether oxygens (including phenoxy) is 5. The van der Waals surface area contributed by atoms with Gasteiger partial charge in [-0.15, -0.1) is 0 Å². The van der Waals surface area contributed by atoms with Crippen molar-refractivity contribution in [2.24, 2.45) is 0 Å². The van der Waals surface area contributed by atoms with E-state index >= 15 is 0 Å². The van der Waals surface area contributed by atoms with Crippen LogP contribution in [0.4, 0.5) is 0 Å². The quantitative estimate of drug-likeness (QED) is 0.614. The van der Waals surface area contributed by atoms with Crippen LogP contribution >= 0.6 is 24.0 Å². The lowest BCUT2D eigenvalue weighted by molar-refractivity contribution is -0.251. The zero-order valence-electron chi connectivity index (χ0n) is 16.1. The highest BCUT2D eigenvalue weighted by molar-refractivity contribution is 8.22. The van der Waals surface area contributed by atoms with Gasteiger partial charge in [-0.1, -0.05) is 72.4 Å². The smallest absolute Gasteiger partial charge is 0.220 e. The fourth-order valence-corrected chi connectivity index (χ4v) is 3.86. The van der Waals surface area contributed by atoms with E-state index in [4.69, 9.17) is 35.9 Å². The Morgan fingerprint density at radius 1 is 0.931 bits per heavy atom. The van der Waals surface area contributed by atoms with Gasteiger partial charge in [0.2, 0.25) is 4.38 Å². The lowest BCUT2D eigenvalue weighted by atomic mass is 10.00. The highest BCUT2D eigenvalue weighted by atomic mass is 32.2. The van der Waals surface area contributed by atoms with E-state index in [9.17, 15) is 0 Å². The number of hydrogen-bond acceptors (Lipinski definition) is 7. The Morgan fingerprint density at radius 2 is 1.52 bits per heavy atom. The summed E-state index contributed by atoms with van der Waals surface area (Å²) in [4.78, 5) is 0. The molecule has 0 N–H and O–H groups in total. The highest BCUT2D eigenvalue weighted by Gasteiger charge is 2.53. The van der Waals surface area contributed by atoms with E-state index in [-0.39, 0.29) is 12.2 Å². The minimum absolute atomic E-state index is 0.213. The Morgan fingerprint density at radius 3 is 2.10 bits per heavy atom. The Bertz CT molecular complexity index is 731. The topological polar surface area (TPSA) is 46.2 Å². The minimum atomic E-state index is -0.491. The van der Waals surface area contributed by atoms with E-state index in [0.29, 0.717) is 24.2 Å². The Kier molecular flexibility index (Phi) is 7.18. The van der Waals surface area contributed by atoms with E-state index in [1.807, 2.05) is 66.9 Å². The molecule has 0 unspecified atom stereocenters. The molecule has 2 fully saturated rings. The van der Waals surface area contributed by atoms with E-state index in [2.05, 4.69) is 0 Å². The third-order valence-electron chi connectivity index (χ3n) is 4.99. The van der Waals surface area contributed by atoms with E-state index in [1.165, 1.54) is 11.8 Å². The van der Waals surface area contributed by atoms with Crippen molar-refractivity contribution >= 4 is 28.4 Å². The molecule has 2 aromatic rings. The van der Waals surface area contributed by atoms with Gasteiger partial charge in [0.1, 0.15) is 18.3 Å². The van der Waals surface area contributed by atoms with Crippen molar-refractivity contribution in [2.75, 3.05) is 12.9 Å². The first-order valence-corrected chi connectivity index (χ1v) is 11.2. The number of thiocarbonyl (C=S) groups is 1. The molecule has 154 valence electrons. The van der Waals surface area contributed by atoms with Crippen LogP contribution in [0.5, 0.6) is 0 Å². The lowest BCUT2D eigenvalue weighted by Crippen LogP contribution is -2.57. The average molecular weight is 433 g/mol. The summed E-state index contributed by atoms with van der Waals surface area (Å²) in [5.74, 6) is 0. The molecule has 2 heterocycles. The molecule has 0 radical (unpaired) electrons. The zero-order chi connectivity index (χ0) is 20.1. The largest absolute Gasteiger partial charge is 0.469 e. The predicted octanol–water partition coefficient (Wildman–Crippen LogP) is 3.95. The van der Waals surface area contributed by atoms with Crippen molar-refractivity contribution in [1.29, 1.82) is 0 Å². The van der Waals surface area contributed by atoms with Gasteiger partial charge in [-0.05, 0) is 29.6 Å². The summed E-state index contributed by atoms with van der Waals surface area (Å²) in [6.07, 6.45) is -0.00920. The second kappa shape index (κ2) is 10.0. The molecule has 0 aromatic heterocycles. The molecule has 2 bridgehead atoms. The second-order valence-corrected chi connectivity index (χ2v) is 8.34. The van der Waals surface area contributed by atoms with Gasteiger partial charge in [0.25, 0.3) is 0 Å². The van der Waals surface area contributed by atoms with Gasteiger partial charge < -0.3 is 23.7 Å². The van der Waals surface area contributed by atoms with Crippen molar-refractivity contribution in [3.63, 3.8) is 0 Å². The fourth-order valence-electron chi connectivity index (χ4n) is 3.54. The molecule has 0 aliphatic carbocycles. The maximum Gasteiger partial charge on any atom is 0.220 e. The number of hydrogen-bond donors (Lipinski definition) is 0. The molecule has 0 spiro atoms. The van der Waals surface area contributed by atoms with Gasteiger partial charge in [-0.25, -0.2) is 0 Å². The first kappa shape index (κ1) is 20.8. The van der Waals surface area contributed by atoms with E-state index in [0.717, 1.165) is 11.1 Å². The molecule has 2 aliphatic heterocycles. The molecular formula is C22H24O5S2. The van der Waals surface area contributed by atoms with E-state index < -0.39 is 18.5 Å². The number of fused-ring (bicyclic) bond motifs is 2. The second-order valence-electron chi connectivity index (χ2n) is 6.94. The van der Waals surface area contributed by atoms with Gasteiger partial charge in [0.05, 0.1) is 19.8 Å². The van der Waals surface area contributed by atoms with Gasteiger partial charge in [-0.3, -0.25) is 0 Å². The van der Waals surface area contributed by atoms with Crippen LogP contribution in [0.15, 0.2) is 60.7 Å². The highest BCUT2D eigenvalue weighted by Crippen LogP contribution is 2.35. The monoisotopic (exact) mass is 432 g/mol. The first-order valence-electron chi connectivity index (χ1n) is 9.57. The summed E-state index contributed by atoms with van der Waals surface area (Å²) < 4.78 is 30.9. The molecule has 2 saturated heterocycles. The van der Waals surface area contributed by atoms with Crippen LogP contribution in [-0.2, 0) is 36.9 Å². The normalized spacial score (nSPS) is 28.2.